The first kappa shape index (κ1) is 18.8. The lowest BCUT2D eigenvalue weighted by atomic mass is 10.1. The van der Waals surface area contributed by atoms with E-state index in [9.17, 15) is 18.7 Å². The SMILES string of the molecule is CC(OC1CCCCCC1)C(=O)NCC(O)c1c(F)cccc1F. The molecule has 1 saturated carbocycles. The summed E-state index contributed by atoms with van der Waals surface area (Å²) in [7, 11) is 0. The normalized spacial score (nSPS) is 18.7. The molecule has 4 nitrogen and oxygen atoms in total. The van der Waals surface area contributed by atoms with E-state index < -0.39 is 35.3 Å². The zero-order chi connectivity index (χ0) is 17.5. The minimum absolute atomic E-state index is 0.0715. The summed E-state index contributed by atoms with van der Waals surface area (Å²) in [6, 6.07) is 3.37. The smallest absolute Gasteiger partial charge is 0.248 e. The van der Waals surface area contributed by atoms with E-state index in [2.05, 4.69) is 5.32 Å². The Labute approximate surface area is 141 Å². The molecule has 0 aromatic heterocycles. The van der Waals surface area contributed by atoms with Crippen molar-refractivity contribution >= 4 is 5.91 Å². The number of hydrogen-bond acceptors (Lipinski definition) is 3. The third kappa shape index (κ3) is 5.24. The number of nitrogens with one attached hydrogen (secondary N) is 1. The van der Waals surface area contributed by atoms with Crippen molar-refractivity contribution in [1.29, 1.82) is 0 Å². The summed E-state index contributed by atoms with van der Waals surface area (Å²) in [5.41, 5.74) is -0.435. The van der Waals surface area contributed by atoms with Crippen LogP contribution in [-0.2, 0) is 9.53 Å². The van der Waals surface area contributed by atoms with Crippen LogP contribution in [0.1, 0.15) is 57.1 Å². The number of rotatable bonds is 6. The highest BCUT2D eigenvalue weighted by Crippen LogP contribution is 2.22. The highest BCUT2D eigenvalue weighted by molar-refractivity contribution is 5.80. The molecular weight excluding hydrogens is 316 g/mol. The maximum atomic E-state index is 13.6. The second-order valence-electron chi connectivity index (χ2n) is 6.29. The van der Waals surface area contributed by atoms with E-state index in [-0.39, 0.29) is 12.6 Å². The van der Waals surface area contributed by atoms with Crippen molar-refractivity contribution in [1.82, 2.24) is 5.32 Å². The maximum absolute atomic E-state index is 13.6. The topological polar surface area (TPSA) is 58.6 Å². The van der Waals surface area contributed by atoms with Gasteiger partial charge in [-0.3, -0.25) is 4.79 Å². The van der Waals surface area contributed by atoms with E-state index in [0.717, 1.165) is 37.8 Å². The van der Waals surface area contributed by atoms with Gasteiger partial charge in [-0.1, -0.05) is 31.7 Å². The summed E-state index contributed by atoms with van der Waals surface area (Å²) in [6.45, 7) is 1.38. The average Bonchev–Trinajstić information content (AvgIpc) is 2.81. The van der Waals surface area contributed by atoms with Gasteiger partial charge in [0.05, 0.1) is 11.7 Å². The van der Waals surface area contributed by atoms with Gasteiger partial charge in [0, 0.05) is 6.54 Å². The van der Waals surface area contributed by atoms with Gasteiger partial charge in [-0.05, 0) is 31.9 Å². The molecule has 1 aliphatic carbocycles. The quantitative estimate of drug-likeness (QED) is 0.781. The third-order valence-corrected chi connectivity index (χ3v) is 4.37. The Morgan fingerprint density at radius 2 is 1.83 bits per heavy atom. The molecule has 1 aromatic carbocycles. The zero-order valence-electron chi connectivity index (χ0n) is 13.9. The Morgan fingerprint density at radius 1 is 1.25 bits per heavy atom. The van der Waals surface area contributed by atoms with E-state index in [1.54, 1.807) is 6.92 Å². The Bertz CT molecular complexity index is 525. The van der Waals surface area contributed by atoms with Crippen LogP contribution in [0.5, 0.6) is 0 Å². The molecule has 0 aliphatic heterocycles. The summed E-state index contributed by atoms with van der Waals surface area (Å²) < 4.78 is 33.0. The van der Waals surface area contributed by atoms with Crippen molar-refractivity contribution in [2.45, 2.75) is 63.8 Å². The highest BCUT2D eigenvalue weighted by Gasteiger charge is 2.23. The van der Waals surface area contributed by atoms with Crippen molar-refractivity contribution in [2.75, 3.05) is 6.54 Å². The molecule has 1 aliphatic rings. The minimum Gasteiger partial charge on any atom is -0.386 e. The monoisotopic (exact) mass is 341 g/mol. The lowest BCUT2D eigenvalue weighted by Gasteiger charge is -2.21. The number of ether oxygens (including phenoxy) is 1. The Balaban J connectivity index is 1.83. The molecule has 0 saturated heterocycles. The molecule has 0 radical (unpaired) electrons. The summed E-state index contributed by atoms with van der Waals surface area (Å²) in [6.07, 6.45) is 4.45. The van der Waals surface area contributed by atoms with Crippen molar-refractivity contribution in [3.63, 3.8) is 0 Å². The van der Waals surface area contributed by atoms with E-state index in [0.29, 0.717) is 0 Å². The Hall–Kier alpha value is -1.53. The summed E-state index contributed by atoms with van der Waals surface area (Å²) >= 11 is 0. The Morgan fingerprint density at radius 3 is 2.42 bits per heavy atom. The van der Waals surface area contributed by atoms with Crippen LogP contribution < -0.4 is 5.32 Å². The van der Waals surface area contributed by atoms with E-state index >= 15 is 0 Å². The van der Waals surface area contributed by atoms with E-state index in [1.165, 1.54) is 18.9 Å². The van der Waals surface area contributed by atoms with Gasteiger partial charge in [-0.2, -0.15) is 0 Å². The fraction of sp³-hybridized carbons (Fsp3) is 0.611. The van der Waals surface area contributed by atoms with Crippen LogP contribution in [0.4, 0.5) is 8.78 Å². The molecule has 0 spiro atoms. The van der Waals surface area contributed by atoms with Crippen LogP contribution in [0.15, 0.2) is 18.2 Å². The molecule has 134 valence electrons. The maximum Gasteiger partial charge on any atom is 0.248 e. The van der Waals surface area contributed by atoms with Gasteiger partial charge >= 0.3 is 0 Å². The van der Waals surface area contributed by atoms with Crippen LogP contribution in [0.25, 0.3) is 0 Å². The number of aliphatic hydroxyl groups is 1. The van der Waals surface area contributed by atoms with Gasteiger partial charge < -0.3 is 15.2 Å². The van der Waals surface area contributed by atoms with Gasteiger partial charge in [0.2, 0.25) is 5.91 Å². The first-order valence-electron chi connectivity index (χ1n) is 8.54. The molecule has 6 heteroatoms. The molecular formula is C18H25F2NO3. The average molecular weight is 341 g/mol. The predicted octanol–water partition coefficient (Wildman–Crippen LogP) is 3.24. The number of carbonyl (C=O) groups excluding carboxylic acids is 1. The fourth-order valence-corrected chi connectivity index (χ4v) is 3.00. The molecule has 2 rings (SSSR count). The number of amides is 1. The van der Waals surface area contributed by atoms with Crippen LogP contribution in [0.2, 0.25) is 0 Å². The van der Waals surface area contributed by atoms with Gasteiger partial charge in [-0.15, -0.1) is 0 Å². The first-order valence-corrected chi connectivity index (χ1v) is 8.54. The zero-order valence-corrected chi connectivity index (χ0v) is 13.9. The van der Waals surface area contributed by atoms with Crippen molar-refractivity contribution in [3.05, 3.63) is 35.4 Å². The van der Waals surface area contributed by atoms with Gasteiger partial charge in [0.15, 0.2) is 0 Å². The minimum atomic E-state index is -1.44. The summed E-state index contributed by atoms with van der Waals surface area (Å²) in [5.74, 6) is -2.06. The molecule has 1 fully saturated rings. The molecule has 24 heavy (non-hydrogen) atoms. The van der Waals surface area contributed by atoms with Gasteiger partial charge in [0.1, 0.15) is 23.8 Å². The van der Waals surface area contributed by atoms with Crippen LogP contribution >= 0.6 is 0 Å². The van der Waals surface area contributed by atoms with Crippen molar-refractivity contribution < 1.29 is 23.4 Å². The predicted molar refractivity (Wildman–Crippen MR) is 86.4 cm³/mol. The molecule has 1 aromatic rings. The molecule has 2 unspecified atom stereocenters. The van der Waals surface area contributed by atoms with Gasteiger partial charge in [-0.25, -0.2) is 8.78 Å². The lowest BCUT2D eigenvalue weighted by molar-refractivity contribution is -0.136. The molecule has 0 bridgehead atoms. The largest absolute Gasteiger partial charge is 0.386 e. The second kappa shape index (κ2) is 9.08. The molecule has 0 heterocycles. The second-order valence-corrected chi connectivity index (χ2v) is 6.29. The van der Waals surface area contributed by atoms with Gasteiger partial charge in [0.25, 0.3) is 0 Å². The van der Waals surface area contributed by atoms with E-state index in [1.807, 2.05) is 0 Å². The van der Waals surface area contributed by atoms with Crippen LogP contribution in [0.3, 0.4) is 0 Å². The third-order valence-electron chi connectivity index (χ3n) is 4.37. The van der Waals surface area contributed by atoms with Crippen LogP contribution in [-0.4, -0.2) is 29.8 Å². The number of aliphatic hydroxyl groups excluding tert-OH is 1. The van der Waals surface area contributed by atoms with Crippen molar-refractivity contribution in [3.8, 4) is 0 Å². The highest BCUT2D eigenvalue weighted by atomic mass is 19.1. The van der Waals surface area contributed by atoms with Crippen molar-refractivity contribution in [2.24, 2.45) is 0 Å². The van der Waals surface area contributed by atoms with Crippen LogP contribution in [0, 0.1) is 11.6 Å². The molecule has 2 atom stereocenters. The number of halogens is 2. The summed E-state index contributed by atoms with van der Waals surface area (Å²) in [4.78, 5) is 12.1. The fourth-order valence-electron chi connectivity index (χ4n) is 3.00. The Kier molecular flexibility index (Phi) is 7.12. The number of carbonyl (C=O) groups is 1. The number of benzene rings is 1. The molecule has 2 N–H and O–H groups in total. The molecule has 1 amide bonds. The van der Waals surface area contributed by atoms with E-state index in [4.69, 9.17) is 4.74 Å². The standard InChI is InChI=1S/C18H25F2NO3/c1-12(24-13-7-4-2-3-5-8-13)18(23)21-11-16(22)17-14(19)9-6-10-15(17)20/h6,9-10,12-13,16,22H,2-5,7-8,11H2,1H3,(H,21,23). The summed E-state index contributed by atoms with van der Waals surface area (Å²) in [5, 5.41) is 12.4. The lowest BCUT2D eigenvalue weighted by Crippen LogP contribution is -2.39. The number of hydrogen-bond donors (Lipinski definition) is 2. The first-order chi connectivity index (χ1) is 11.5.